The van der Waals surface area contributed by atoms with Gasteiger partial charge in [-0.15, -0.1) is 0 Å². The van der Waals surface area contributed by atoms with Crippen molar-refractivity contribution < 1.29 is 4.74 Å². The molecule has 2 nitrogen and oxygen atoms in total. The van der Waals surface area contributed by atoms with Crippen molar-refractivity contribution >= 4 is 0 Å². The molecule has 2 heteroatoms. The molecule has 0 heterocycles. The predicted molar refractivity (Wildman–Crippen MR) is 78.4 cm³/mol. The third-order valence-corrected chi connectivity index (χ3v) is 3.36. The summed E-state index contributed by atoms with van der Waals surface area (Å²) < 4.78 is 5.57. The van der Waals surface area contributed by atoms with E-state index in [0.717, 1.165) is 12.3 Å². The zero-order chi connectivity index (χ0) is 13.5. The summed E-state index contributed by atoms with van der Waals surface area (Å²) in [6, 6.07) is 4.79. The lowest BCUT2D eigenvalue weighted by Crippen LogP contribution is -2.22. The minimum Gasteiger partial charge on any atom is -0.496 e. The van der Waals surface area contributed by atoms with Crippen LogP contribution in [0, 0.1) is 13.8 Å². The van der Waals surface area contributed by atoms with Gasteiger partial charge in [-0.25, -0.2) is 0 Å². The van der Waals surface area contributed by atoms with Gasteiger partial charge in [0.05, 0.1) is 7.11 Å². The normalized spacial score (nSPS) is 12.5. The SMILES string of the molecule is CCCCC(NCC)c1c(C)cc(C)cc1OC. The lowest BCUT2D eigenvalue weighted by atomic mass is 9.94. The molecule has 1 N–H and O–H groups in total. The first-order valence-corrected chi connectivity index (χ1v) is 7.02. The van der Waals surface area contributed by atoms with Gasteiger partial charge in [0.2, 0.25) is 0 Å². The van der Waals surface area contributed by atoms with Crippen molar-refractivity contribution in [2.24, 2.45) is 0 Å². The Balaban J connectivity index is 3.08. The van der Waals surface area contributed by atoms with Crippen LogP contribution >= 0.6 is 0 Å². The zero-order valence-electron chi connectivity index (χ0n) is 12.5. The Morgan fingerprint density at radius 1 is 1.22 bits per heavy atom. The van der Waals surface area contributed by atoms with Crippen LogP contribution in [0.1, 0.15) is 55.8 Å². The Morgan fingerprint density at radius 3 is 2.50 bits per heavy atom. The number of nitrogens with one attached hydrogen (secondary N) is 1. The Bertz CT molecular complexity index is 374. The highest BCUT2D eigenvalue weighted by molar-refractivity contribution is 5.45. The second-order valence-electron chi connectivity index (χ2n) is 4.95. The maximum atomic E-state index is 5.57. The van der Waals surface area contributed by atoms with E-state index in [0.29, 0.717) is 6.04 Å². The molecule has 1 atom stereocenters. The molecule has 0 fully saturated rings. The molecule has 0 aromatic heterocycles. The van der Waals surface area contributed by atoms with Crippen LogP contribution in [0.2, 0.25) is 0 Å². The van der Waals surface area contributed by atoms with E-state index in [4.69, 9.17) is 4.74 Å². The van der Waals surface area contributed by atoms with E-state index in [1.54, 1.807) is 7.11 Å². The van der Waals surface area contributed by atoms with Crippen LogP contribution < -0.4 is 10.1 Å². The first-order valence-electron chi connectivity index (χ1n) is 7.02. The maximum absolute atomic E-state index is 5.57. The molecular weight excluding hydrogens is 222 g/mol. The van der Waals surface area contributed by atoms with Crippen molar-refractivity contribution in [3.63, 3.8) is 0 Å². The molecule has 0 amide bonds. The molecule has 0 spiro atoms. The van der Waals surface area contributed by atoms with Crippen LogP contribution in [0.3, 0.4) is 0 Å². The average molecular weight is 249 g/mol. The fourth-order valence-corrected chi connectivity index (χ4v) is 2.56. The van der Waals surface area contributed by atoms with Crippen molar-refractivity contribution in [2.45, 2.75) is 53.0 Å². The van der Waals surface area contributed by atoms with Crippen molar-refractivity contribution in [3.05, 3.63) is 28.8 Å². The quantitative estimate of drug-likeness (QED) is 0.783. The van der Waals surface area contributed by atoms with E-state index in [9.17, 15) is 0 Å². The molecule has 1 unspecified atom stereocenters. The summed E-state index contributed by atoms with van der Waals surface area (Å²) in [7, 11) is 1.76. The molecule has 18 heavy (non-hydrogen) atoms. The molecule has 0 radical (unpaired) electrons. The van der Waals surface area contributed by atoms with Crippen LogP contribution in [0.25, 0.3) is 0 Å². The number of hydrogen-bond acceptors (Lipinski definition) is 2. The van der Waals surface area contributed by atoms with Gasteiger partial charge in [-0.05, 0) is 44.0 Å². The molecule has 0 saturated carbocycles. The molecule has 0 aliphatic heterocycles. The molecule has 0 aliphatic rings. The van der Waals surface area contributed by atoms with Crippen LogP contribution in [0.15, 0.2) is 12.1 Å². The first kappa shape index (κ1) is 15.0. The number of methoxy groups -OCH3 is 1. The summed E-state index contributed by atoms with van der Waals surface area (Å²) in [6.45, 7) is 9.69. The van der Waals surface area contributed by atoms with Gasteiger partial charge in [-0.1, -0.05) is 32.8 Å². The minimum absolute atomic E-state index is 0.408. The van der Waals surface area contributed by atoms with Gasteiger partial charge in [0.15, 0.2) is 0 Å². The maximum Gasteiger partial charge on any atom is 0.124 e. The Kier molecular flexibility index (Phi) is 6.20. The van der Waals surface area contributed by atoms with Gasteiger partial charge in [-0.3, -0.25) is 0 Å². The van der Waals surface area contributed by atoms with Crippen molar-refractivity contribution in [1.29, 1.82) is 0 Å². The summed E-state index contributed by atoms with van der Waals surface area (Å²) in [5.41, 5.74) is 3.92. The summed E-state index contributed by atoms with van der Waals surface area (Å²) in [6.07, 6.45) is 3.65. The van der Waals surface area contributed by atoms with Crippen molar-refractivity contribution in [3.8, 4) is 5.75 Å². The second-order valence-corrected chi connectivity index (χ2v) is 4.95. The van der Waals surface area contributed by atoms with Crippen LogP contribution in [-0.4, -0.2) is 13.7 Å². The van der Waals surface area contributed by atoms with Gasteiger partial charge in [0.1, 0.15) is 5.75 Å². The Morgan fingerprint density at radius 2 is 1.94 bits per heavy atom. The number of unbranched alkanes of at least 4 members (excludes halogenated alkanes) is 1. The lowest BCUT2D eigenvalue weighted by molar-refractivity contribution is 0.393. The fourth-order valence-electron chi connectivity index (χ4n) is 2.56. The Labute approximate surface area is 112 Å². The van der Waals surface area contributed by atoms with Crippen LogP contribution in [0.4, 0.5) is 0 Å². The van der Waals surface area contributed by atoms with E-state index in [1.807, 2.05) is 0 Å². The Hall–Kier alpha value is -1.02. The number of ether oxygens (including phenoxy) is 1. The van der Waals surface area contributed by atoms with E-state index < -0.39 is 0 Å². The topological polar surface area (TPSA) is 21.3 Å². The second kappa shape index (κ2) is 7.42. The molecule has 0 aliphatic carbocycles. The third-order valence-electron chi connectivity index (χ3n) is 3.36. The molecule has 1 aromatic carbocycles. The van der Waals surface area contributed by atoms with Gasteiger partial charge in [0.25, 0.3) is 0 Å². The standard InChI is InChI=1S/C16H27NO/c1-6-8-9-14(17-7-2)16-13(4)10-12(3)11-15(16)18-5/h10-11,14,17H,6-9H2,1-5H3. The minimum atomic E-state index is 0.408. The predicted octanol–water partition coefficient (Wildman–Crippen LogP) is 4.15. The van der Waals surface area contributed by atoms with E-state index in [1.165, 1.54) is 36.0 Å². The van der Waals surface area contributed by atoms with Gasteiger partial charge < -0.3 is 10.1 Å². The van der Waals surface area contributed by atoms with Gasteiger partial charge in [-0.2, -0.15) is 0 Å². The highest BCUT2D eigenvalue weighted by Crippen LogP contribution is 2.32. The summed E-state index contributed by atoms with van der Waals surface area (Å²) in [4.78, 5) is 0. The van der Waals surface area contributed by atoms with Crippen molar-refractivity contribution in [2.75, 3.05) is 13.7 Å². The monoisotopic (exact) mass is 249 g/mol. The fraction of sp³-hybridized carbons (Fsp3) is 0.625. The summed E-state index contributed by atoms with van der Waals surface area (Å²) in [5, 5.41) is 3.59. The van der Waals surface area contributed by atoms with Crippen LogP contribution in [-0.2, 0) is 0 Å². The number of benzene rings is 1. The van der Waals surface area contributed by atoms with Gasteiger partial charge >= 0.3 is 0 Å². The molecule has 1 aromatic rings. The van der Waals surface area contributed by atoms with E-state index in [-0.39, 0.29) is 0 Å². The summed E-state index contributed by atoms with van der Waals surface area (Å²) in [5.74, 6) is 1.02. The average Bonchev–Trinajstić information content (AvgIpc) is 2.34. The van der Waals surface area contributed by atoms with E-state index in [2.05, 4.69) is 45.1 Å². The number of hydrogen-bond donors (Lipinski definition) is 1. The highest BCUT2D eigenvalue weighted by atomic mass is 16.5. The molecule has 0 saturated heterocycles. The van der Waals surface area contributed by atoms with Crippen LogP contribution in [0.5, 0.6) is 5.75 Å². The molecule has 0 bridgehead atoms. The molecule has 1 rings (SSSR count). The summed E-state index contributed by atoms with van der Waals surface area (Å²) >= 11 is 0. The molecular formula is C16H27NO. The number of rotatable bonds is 7. The lowest BCUT2D eigenvalue weighted by Gasteiger charge is -2.23. The highest BCUT2D eigenvalue weighted by Gasteiger charge is 2.17. The number of aryl methyl sites for hydroxylation is 2. The largest absolute Gasteiger partial charge is 0.496 e. The smallest absolute Gasteiger partial charge is 0.124 e. The van der Waals surface area contributed by atoms with E-state index >= 15 is 0 Å². The van der Waals surface area contributed by atoms with Crippen molar-refractivity contribution in [1.82, 2.24) is 5.32 Å². The molecule has 102 valence electrons. The third kappa shape index (κ3) is 3.74. The van der Waals surface area contributed by atoms with Gasteiger partial charge in [0, 0.05) is 11.6 Å². The first-order chi connectivity index (χ1) is 8.63. The zero-order valence-corrected chi connectivity index (χ0v) is 12.5.